The molecule has 1 unspecified atom stereocenters. The Morgan fingerprint density at radius 2 is 1.93 bits per heavy atom. The maximum atomic E-state index is 4.16. The minimum atomic E-state index is 0.681. The van der Waals surface area contributed by atoms with Crippen LogP contribution in [0.15, 0.2) is 42.5 Å². The Kier molecular flexibility index (Phi) is 5.17. The van der Waals surface area contributed by atoms with Crippen molar-refractivity contribution in [3.8, 4) is 0 Å². The van der Waals surface area contributed by atoms with Gasteiger partial charge in [0.2, 0.25) is 0 Å². The highest BCUT2D eigenvalue weighted by Gasteiger charge is 2.03. The van der Waals surface area contributed by atoms with Gasteiger partial charge < -0.3 is 0 Å². The van der Waals surface area contributed by atoms with Gasteiger partial charge in [0.05, 0.1) is 0 Å². The van der Waals surface area contributed by atoms with Gasteiger partial charge in [-0.1, -0.05) is 56.3 Å². The van der Waals surface area contributed by atoms with E-state index in [-0.39, 0.29) is 0 Å². The third-order valence-corrected chi connectivity index (χ3v) is 3.12. The predicted molar refractivity (Wildman–Crippen MR) is 68.0 cm³/mol. The molecule has 0 N–H and O–H groups in total. The van der Waals surface area contributed by atoms with Crippen molar-refractivity contribution >= 4 is 0 Å². The first-order chi connectivity index (χ1) is 7.24. The van der Waals surface area contributed by atoms with Crippen LogP contribution in [0.5, 0.6) is 0 Å². The molecule has 0 aliphatic rings. The third-order valence-electron chi connectivity index (χ3n) is 3.12. The first-order valence-corrected chi connectivity index (χ1v) is 5.95. The molecule has 82 valence electrons. The van der Waals surface area contributed by atoms with Gasteiger partial charge in [-0.3, -0.25) is 0 Å². The quantitative estimate of drug-likeness (QED) is 0.591. The maximum Gasteiger partial charge on any atom is -0.0237 e. The molecule has 0 saturated carbocycles. The van der Waals surface area contributed by atoms with E-state index in [0.717, 1.165) is 0 Å². The Bertz CT molecular complexity index is 284. The second-order valence-corrected chi connectivity index (χ2v) is 4.31. The molecule has 15 heavy (non-hydrogen) atoms. The second-order valence-electron chi connectivity index (χ2n) is 4.31. The minimum Gasteiger partial charge on any atom is -0.0996 e. The zero-order valence-electron chi connectivity index (χ0n) is 10.00. The molecule has 0 nitrogen and oxygen atoms in total. The van der Waals surface area contributed by atoms with E-state index in [4.69, 9.17) is 0 Å². The SMILES string of the molecule is C=C(CCCc1ccccc1)C(C)CC. The summed E-state index contributed by atoms with van der Waals surface area (Å²) < 4.78 is 0. The van der Waals surface area contributed by atoms with Gasteiger partial charge in [-0.05, 0) is 37.2 Å². The van der Waals surface area contributed by atoms with Crippen LogP contribution >= 0.6 is 0 Å². The highest BCUT2D eigenvalue weighted by Crippen LogP contribution is 2.18. The van der Waals surface area contributed by atoms with Gasteiger partial charge in [0.1, 0.15) is 0 Å². The van der Waals surface area contributed by atoms with E-state index in [1.165, 1.54) is 36.8 Å². The molecule has 1 rings (SSSR count). The van der Waals surface area contributed by atoms with E-state index in [1.54, 1.807) is 0 Å². The summed E-state index contributed by atoms with van der Waals surface area (Å²) in [4.78, 5) is 0. The van der Waals surface area contributed by atoms with Crippen LogP contribution in [-0.4, -0.2) is 0 Å². The van der Waals surface area contributed by atoms with E-state index < -0.39 is 0 Å². The lowest BCUT2D eigenvalue weighted by Gasteiger charge is -2.11. The Morgan fingerprint density at radius 3 is 2.53 bits per heavy atom. The molecule has 0 amide bonds. The van der Waals surface area contributed by atoms with Gasteiger partial charge >= 0.3 is 0 Å². The Hall–Kier alpha value is -1.04. The molecule has 0 aromatic heterocycles. The van der Waals surface area contributed by atoms with Crippen LogP contribution in [0.2, 0.25) is 0 Å². The smallest absolute Gasteiger partial charge is 0.0237 e. The lowest BCUT2D eigenvalue weighted by Crippen LogP contribution is -1.97. The second kappa shape index (κ2) is 6.44. The van der Waals surface area contributed by atoms with Crippen molar-refractivity contribution in [3.63, 3.8) is 0 Å². The molecule has 0 heteroatoms. The van der Waals surface area contributed by atoms with Gasteiger partial charge in [0, 0.05) is 0 Å². The molecule has 0 spiro atoms. The minimum absolute atomic E-state index is 0.681. The van der Waals surface area contributed by atoms with Gasteiger partial charge in [0.25, 0.3) is 0 Å². The molecule has 0 bridgehead atoms. The first kappa shape index (κ1) is 12.0. The fraction of sp³-hybridized carbons (Fsp3) is 0.467. The Labute approximate surface area is 94.0 Å². The van der Waals surface area contributed by atoms with Crippen molar-refractivity contribution in [2.45, 2.75) is 39.5 Å². The lowest BCUT2D eigenvalue weighted by molar-refractivity contribution is 0.612. The van der Waals surface area contributed by atoms with Crippen LogP contribution in [0, 0.1) is 5.92 Å². The van der Waals surface area contributed by atoms with E-state index in [1.807, 2.05) is 0 Å². The van der Waals surface area contributed by atoms with Crippen LogP contribution in [-0.2, 0) is 6.42 Å². The number of hydrogen-bond acceptors (Lipinski definition) is 0. The molecule has 1 aromatic carbocycles. The van der Waals surface area contributed by atoms with Gasteiger partial charge in [-0.25, -0.2) is 0 Å². The lowest BCUT2D eigenvalue weighted by atomic mass is 9.94. The number of rotatable bonds is 6. The first-order valence-electron chi connectivity index (χ1n) is 5.95. The van der Waals surface area contributed by atoms with Crippen molar-refractivity contribution in [3.05, 3.63) is 48.0 Å². The van der Waals surface area contributed by atoms with Crippen LogP contribution in [0.25, 0.3) is 0 Å². The van der Waals surface area contributed by atoms with Crippen molar-refractivity contribution in [2.24, 2.45) is 5.92 Å². The monoisotopic (exact) mass is 202 g/mol. The van der Waals surface area contributed by atoms with E-state index in [9.17, 15) is 0 Å². The van der Waals surface area contributed by atoms with Crippen LogP contribution in [0.3, 0.4) is 0 Å². The fourth-order valence-corrected chi connectivity index (χ4v) is 1.70. The summed E-state index contributed by atoms with van der Waals surface area (Å²) in [5.41, 5.74) is 2.85. The van der Waals surface area contributed by atoms with E-state index in [0.29, 0.717) is 5.92 Å². The molecule has 0 fully saturated rings. The molecular formula is C15H22. The molecule has 0 radical (unpaired) electrons. The van der Waals surface area contributed by atoms with Crippen LogP contribution < -0.4 is 0 Å². The molecule has 0 aliphatic heterocycles. The Balaban J connectivity index is 2.25. The zero-order chi connectivity index (χ0) is 11.1. The predicted octanol–water partition coefficient (Wildman–Crippen LogP) is 4.61. The highest BCUT2D eigenvalue weighted by atomic mass is 14.1. The van der Waals surface area contributed by atoms with Crippen molar-refractivity contribution in [1.29, 1.82) is 0 Å². The summed E-state index contributed by atoms with van der Waals surface area (Å²) in [5, 5.41) is 0. The van der Waals surface area contributed by atoms with E-state index in [2.05, 4.69) is 50.8 Å². The molecular weight excluding hydrogens is 180 g/mol. The van der Waals surface area contributed by atoms with E-state index >= 15 is 0 Å². The molecule has 0 heterocycles. The summed E-state index contributed by atoms with van der Waals surface area (Å²) in [7, 11) is 0. The van der Waals surface area contributed by atoms with Crippen LogP contribution in [0.1, 0.15) is 38.7 Å². The Morgan fingerprint density at radius 1 is 1.27 bits per heavy atom. The highest BCUT2D eigenvalue weighted by molar-refractivity contribution is 5.15. The largest absolute Gasteiger partial charge is 0.0996 e. The molecule has 1 atom stereocenters. The summed E-state index contributed by atoms with van der Waals surface area (Å²) >= 11 is 0. The third kappa shape index (κ3) is 4.33. The number of aryl methyl sites for hydroxylation is 1. The fourth-order valence-electron chi connectivity index (χ4n) is 1.70. The van der Waals surface area contributed by atoms with Crippen molar-refractivity contribution in [1.82, 2.24) is 0 Å². The number of benzene rings is 1. The topological polar surface area (TPSA) is 0 Å². The average molecular weight is 202 g/mol. The molecule has 0 aliphatic carbocycles. The summed E-state index contributed by atoms with van der Waals surface area (Å²) in [6, 6.07) is 10.7. The maximum absolute atomic E-state index is 4.16. The van der Waals surface area contributed by atoms with Crippen molar-refractivity contribution < 1.29 is 0 Å². The van der Waals surface area contributed by atoms with Gasteiger partial charge in [0.15, 0.2) is 0 Å². The van der Waals surface area contributed by atoms with Gasteiger partial charge in [-0.15, -0.1) is 0 Å². The number of hydrogen-bond donors (Lipinski definition) is 0. The van der Waals surface area contributed by atoms with Crippen molar-refractivity contribution in [2.75, 3.05) is 0 Å². The van der Waals surface area contributed by atoms with Gasteiger partial charge in [-0.2, -0.15) is 0 Å². The summed E-state index contributed by atoms with van der Waals surface area (Å²) in [6.07, 6.45) is 4.79. The number of allylic oxidation sites excluding steroid dienone is 1. The normalized spacial score (nSPS) is 12.4. The molecule has 1 aromatic rings. The summed E-state index contributed by atoms with van der Waals surface area (Å²) in [5.74, 6) is 0.681. The average Bonchev–Trinajstić information content (AvgIpc) is 2.29. The standard InChI is InChI=1S/C15H22/c1-4-13(2)14(3)9-8-12-15-10-6-5-7-11-15/h5-7,10-11,13H,3-4,8-9,12H2,1-2H3. The zero-order valence-corrected chi connectivity index (χ0v) is 10.00. The summed E-state index contributed by atoms with van der Waals surface area (Å²) in [6.45, 7) is 8.65. The molecule has 0 saturated heterocycles. The van der Waals surface area contributed by atoms with Crippen LogP contribution in [0.4, 0.5) is 0 Å².